The van der Waals surface area contributed by atoms with Crippen molar-refractivity contribution in [2.45, 2.75) is 32.2 Å². The molecule has 0 amide bonds. The van der Waals surface area contributed by atoms with E-state index in [9.17, 15) is 10.1 Å². The minimum Gasteiger partial charge on any atom is -0.404 e. The highest BCUT2D eigenvalue weighted by molar-refractivity contribution is 5.86. The second-order valence-corrected chi connectivity index (χ2v) is 6.67. The van der Waals surface area contributed by atoms with Gasteiger partial charge in [-0.2, -0.15) is 0 Å². The highest BCUT2D eigenvalue weighted by Gasteiger charge is 2.30. The molecule has 0 saturated carbocycles. The number of nitrogens with one attached hydrogen (secondary N) is 1. The van der Waals surface area contributed by atoms with E-state index in [0.717, 1.165) is 42.4 Å². The van der Waals surface area contributed by atoms with Crippen molar-refractivity contribution in [3.05, 3.63) is 63.5 Å². The number of nitrogens with zero attached hydrogens (tertiary/aromatic N) is 2. The highest BCUT2D eigenvalue weighted by Crippen LogP contribution is 2.37. The van der Waals surface area contributed by atoms with Crippen LogP contribution in [0.1, 0.15) is 42.2 Å². The molecule has 1 aromatic carbocycles. The van der Waals surface area contributed by atoms with Gasteiger partial charge >= 0.3 is 5.88 Å². The van der Waals surface area contributed by atoms with Crippen LogP contribution in [0.25, 0.3) is 10.9 Å². The first kappa shape index (κ1) is 15.9. The van der Waals surface area contributed by atoms with Crippen molar-refractivity contribution in [1.82, 2.24) is 9.88 Å². The van der Waals surface area contributed by atoms with Crippen LogP contribution in [-0.2, 0) is 0 Å². The van der Waals surface area contributed by atoms with Crippen LogP contribution in [0.2, 0.25) is 0 Å². The van der Waals surface area contributed by atoms with Crippen molar-refractivity contribution in [2.24, 2.45) is 0 Å². The van der Waals surface area contributed by atoms with Crippen molar-refractivity contribution < 1.29 is 9.34 Å². The number of para-hydroxylation sites is 1. The van der Waals surface area contributed by atoms with Crippen molar-refractivity contribution in [3.8, 4) is 0 Å². The predicted octanol–water partition coefficient (Wildman–Crippen LogP) is 4.55. The largest absolute Gasteiger partial charge is 0.433 e. The standard InChI is InChI=1S/C19H21N3O3/c1-13-6-5-7-14-15(12-20-18(13)14)19(21-10-3-2-4-11-21)16-8-9-17(25-16)22(23)24/h5-9,12,19-20H,2-4,10-11H2,1H3. The van der Waals surface area contributed by atoms with Crippen molar-refractivity contribution in [1.29, 1.82) is 0 Å². The number of rotatable bonds is 4. The fourth-order valence-electron chi connectivity index (χ4n) is 3.85. The summed E-state index contributed by atoms with van der Waals surface area (Å²) in [4.78, 5) is 16.3. The fraction of sp³-hybridized carbons (Fsp3) is 0.368. The summed E-state index contributed by atoms with van der Waals surface area (Å²) in [5.74, 6) is 0.434. The zero-order valence-corrected chi connectivity index (χ0v) is 14.2. The minimum atomic E-state index is -0.476. The van der Waals surface area contributed by atoms with E-state index in [0.29, 0.717) is 5.76 Å². The molecule has 1 aliphatic heterocycles. The van der Waals surface area contributed by atoms with Gasteiger partial charge in [0.15, 0.2) is 0 Å². The molecule has 0 radical (unpaired) electrons. The van der Waals surface area contributed by atoms with E-state index in [1.807, 2.05) is 12.3 Å². The lowest BCUT2D eigenvalue weighted by molar-refractivity contribution is -0.402. The highest BCUT2D eigenvalue weighted by atomic mass is 16.6. The Morgan fingerprint density at radius 2 is 2.00 bits per heavy atom. The lowest BCUT2D eigenvalue weighted by atomic mass is 9.98. The van der Waals surface area contributed by atoms with Crippen LogP contribution < -0.4 is 0 Å². The average molecular weight is 339 g/mol. The summed E-state index contributed by atoms with van der Waals surface area (Å²) in [5.41, 5.74) is 3.41. The molecule has 1 atom stereocenters. The third-order valence-corrected chi connectivity index (χ3v) is 5.07. The average Bonchev–Trinajstić information content (AvgIpc) is 3.25. The number of H-pyrrole nitrogens is 1. The van der Waals surface area contributed by atoms with Gasteiger partial charge in [0.2, 0.25) is 0 Å². The van der Waals surface area contributed by atoms with Gasteiger partial charge in [0.25, 0.3) is 0 Å². The molecule has 0 bridgehead atoms. The Morgan fingerprint density at radius 1 is 1.20 bits per heavy atom. The monoisotopic (exact) mass is 339 g/mol. The number of benzene rings is 1. The van der Waals surface area contributed by atoms with Crippen molar-refractivity contribution in [3.63, 3.8) is 0 Å². The molecule has 25 heavy (non-hydrogen) atoms. The molecular weight excluding hydrogens is 318 g/mol. The summed E-state index contributed by atoms with van der Waals surface area (Å²) in [6, 6.07) is 9.31. The molecule has 1 saturated heterocycles. The number of aromatic nitrogens is 1. The van der Waals surface area contributed by atoms with Gasteiger partial charge in [0, 0.05) is 22.7 Å². The van der Waals surface area contributed by atoms with Crippen molar-refractivity contribution >= 4 is 16.8 Å². The van der Waals surface area contributed by atoms with Crippen LogP contribution in [0.3, 0.4) is 0 Å². The smallest absolute Gasteiger partial charge is 0.404 e. The lowest BCUT2D eigenvalue weighted by Gasteiger charge is -2.33. The zero-order valence-electron chi connectivity index (χ0n) is 14.2. The van der Waals surface area contributed by atoms with Crippen molar-refractivity contribution in [2.75, 3.05) is 13.1 Å². The molecule has 130 valence electrons. The number of aryl methyl sites for hydroxylation is 1. The molecular formula is C19H21N3O3. The Hall–Kier alpha value is -2.60. The Morgan fingerprint density at radius 3 is 2.72 bits per heavy atom. The second-order valence-electron chi connectivity index (χ2n) is 6.67. The van der Waals surface area contributed by atoms with Gasteiger partial charge in [-0.05, 0) is 44.5 Å². The number of fused-ring (bicyclic) bond motifs is 1. The van der Waals surface area contributed by atoms with E-state index in [1.165, 1.54) is 18.1 Å². The number of likely N-dealkylation sites (tertiary alicyclic amines) is 1. The lowest BCUT2D eigenvalue weighted by Crippen LogP contribution is -2.34. The van der Waals surface area contributed by atoms with Gasteiger partial charge in [0.05, 0.1) is 12.1 Å². The van der Waals surface area contributed by atoms with E-state index in [4.69, 9.17) is 4.42 Å². The summed E-state index contributed by atoms with van der Waals surface area (Å²) in [5, 5.41) is 12.2. The Kier molecular flexibility index (Phi) is 4.05. The normalized spacial score (nSPS) is 17.0. The first-order valence-corrected chi connectivity index (χ1v) is 8.70. The summed E-state index contributed by atoms with van der Waals surface area (Å²) < 4.78 is 5.61. The van der Waals surface area contributed by atoms with Gasteiger partial charge in [0.1, 0.15) is 10.7 Å². The molecule has 1 aliphatic rings. The molecule has 1 unspecified atom stereocenters. The first-order chi connectivity index (χ1) is 12.1. The fourth-order valence-corrected chi connectivity index (χ4v) is 3.85. The van der Waals surface area contributed by atoms with Crippen LogP contribution in [0.15, 0.2) is 40.9 Å². The number of aromatic amines is 1. The maximum absolute atomic E-state index is 11.0. The van der Waals surface area contributed by atoms with Crippen LogP contribution in [0.4, 0.5) is 5.88 Å². The second kappa shape index (κ2) is 6.37. The Bertz CT molecular complexity index is 906. The molecule has 3 heterocycles. The van der Waals surface area contributed by atoms with E-state index in [2.05, 4.69) is 28.9 Å². The van der Waals surface area contributed by atoms with Gasteiger partial charge in [-0.25, -0.2) is 0 Å². The van der Waals surface area contributed by atoms with E-state index in [1.54, 1.807) is 6.07 Å². The molecule has 6 nitrogen and oxygen atoms in total. The molecule has 4 rings (SSSR count). The quantitative estimate of drug-likeness (QED) is 0.559. The summed E-state index contributed by atoms with van der Waals surface area (Å²) >= 11 is 0. The van der Waals surface area contributed by atoms with E-state index >= 15 is 0 Å². The number of furan rings is 1. The minimum absolute atomic E-state index is 0.107. The number of nitro groups is 1. The van der Waals surface area contributed by atoms with Crippen LogP contribution in [0, 0.1) is 17.0 Å². The molecule has 0 aliphatic carbocycles. The van der Waals surface area contributed by atoms with Gasteiger partial charge in [-0.1, -0.05) is 24.6 Å². The first-order valence-electron chi connectivity index (χ1n) is 8.70. The maximum atomic E-state index is 11.0. The maximum Gasteiger partial charge on any atom is 0.433 e. The van der Waals surface area contributed by atoms with Gasteiger partial charge in [-0.3, -0.25) is 15.0 Å². The van der Waals surface area contributed by atoms with Crippen LogP contribution >= 0.6 is 0 Å². The van der Waals surface area contributed by atoms with Gasteiger partial charge < -0.3 is 9.40 Å². The van der Waals surface area contributed by atoms with E-state index < -0.39 is 4.92 Å². The zero-order chi connectivity index (χ0) is 17.4. The molecule has 1 N–H and O–H groups in total. The molecule has 3 aromatic rings. The summed E-state index contributed by atoms with van der Waals surface area (Å²) in [6.07, 6.45) is 5.53. The SMILES string of the molecule is Cc1cccc2c(C(c3ccc([N+](=O)[O-])o3)N3CCCCC3)c[nH]c12. The number of hydrogen-bond acceptors (Lipinski definition) is 4. The third-order valence-electron chi connectivity index (χ3n) is 5.07. The predicted molar refractivity (Wildman–Crippen MR) is 95.7 cm³/mol. The number of hydrogen-bond donors (Lipinski definition) is 1. The third kappa shape index (κ3) is 2.82. The molecule has 2 aromatic heterocycles. The van der Waals surface area contributed by atoms with Crippen LogP contribution in [0.5, 0.6) is 0 Å². The molecule has 1 fully saturated rings. The number of piperidine rings is 1. The van der Waals surface area contributed by atoms with Gasteiger partial charge in [-0.15, -0.1) is 0 Å². The summed E-state index contributed by atoms with van der Waals surface area (Å²) in [7, 11) is 0. The molecule has 6 heteroatoms. The molecule has 0 spiro atoms. The topological polar surface area (TPSA) is 75.3 Å². The van der Waals surface area contributed by atoms with Crippen LogP contribution in [-0.4, -0.2) is 27.9 Å². The summed E-state index contributed by atoms with van der Waals surface area (Å²) in [6.45, 7) is 4.02. The Balaban J connectivity index is 1.83. The Labute approximate surface area is 145 Å². The van der Waals surface area contributed by atoms with E-state index in [-0.39, 0.29) is 11.9 Å².